The smallest absolute Gasteiger partial charge is 0.315 e. The first-order valence-electron chi connectivity index (χ1n) is 8.18. The Balaban J connectivity index is 1.76. The van der Waals surface area contributed by atoms with Crippen LogP contribution < -0.4 is 9.80 Å². The summed E-state index contributed by atoms with van der Waals surface area (Å²) in [4.78, 5) is 24.0. The number of nitro groups is 1. The molecule has 122 valence electrons. The summed E-state index contributed by atoms with van der Waals surface area (Å²) in [6.45, 7) is 3.42. The summed E-state index contributed by atoms with van der Waals surface area (Å²) in [7, 11) is 0. The van der Waals surface area contributed by atoms with Crippen molar-refractivity contribution in [2.24, 2.45) is 0 Å². The molecule has 0 unspecified atom stereocenters. The standard InChI is InChI=1S/C15H19N5O3/c21-20(22)11-10-12-13(16-14(11)18-6-4-5-7-18)17-15(23-12)19-8-2-1-3-9-19/h10H,1-9H2. The van der Waals surface area contributed by atoms with E-state index in [-0.39, 0.29) is 10.6 Å². The van der Waals surface area contributed by atoms with E-state index >= 15 is 0 Å². The van der Waals surface area contributed by atoms with Crippen LogP contribution in [0.5, 0.6) is 0 Å². The second-order valence-corrected chi connectivity index (χ2v) is 6.15. The van der Waals surface area contributed by atoms with E-state index in [0.29, 0.717) is 23.1 Å². The first kappa shape index (κ1) is 14.2. The molecule has 2 aliphatic rings. The minimum absolute atomic E-state index is 0.000689. The van der Waals surface area contributed by atoms with Crippen molar-refractivity contribution in [3.8, 4) is 0 Å². The largest absolute Gasteiger partial charge is 0.421 e. The Labute approximate surface area is 133 Å². The van der Waals surface area contributed by atoms with Gasteiger partial charge in [0.25, 0.3) is 6.01 Å². The van der Waals surface area contributed by atoms with Crippen LogP contribution in [0, 0.1) is 10.1 Å². The van der Waals surface area contributed by atoms with Crippen LogP contribution in [0.4, 0.5) is 17.5 Å². The van der Waals surface area contributed by atoms with Crippen LogP contribution in [0.3, 0.4) is 0 Å². The fourth-order valence-corrected chi connectivity index (χ4v) is 3.35. The number of anilines is 2. The Bertz CT molecular complexity index is 732. The lowest BCUT2D eigenvalue weighted by Gasteiger charge is -2.24. The molecule has 8 nitrogen and oxygen atoms in total. The van der Waals surface area contributed by atoms with Gasteiger partial charge in [-0.05, 0) is 32.1 Å². The molecule has 4 heterocycles. The number of hydrogen-bond acceptors (Lipinski definition) is 7. The molecule has 0 bridgehead atoms. The lowest BCUT2D eigenvalue weighted by atomic mass is 10.1. The molecule has 0 N–H and O–H groups in total. The maximum Gasteiger partial charge on any atom is 0.315 e. The summed E-state index contributed by atoms with van der Waals surface area (Å²) in [5.41, 5.74) is 0.846. The zero-order valence-corrected chi connectivity index (χ0v) is 12.9. The minimum Gasteiger partial charge on any atom is -0.421 e. The molecule has 4 rings (SSSR count). The Morgan fingerprint density at radius 1 is 1.00 bits per heavy atom. The number of pyridine rings is 1. The zero-order chi connectivity index (χ0) is 15.8. The van der Waals surface area contributed by atoms with Crippen molar-refractivity contribution < 1.29 is 9.34 Å². The number of hydrogen-bond donors (Lipinski definition) is 0. The highest BCUT2D eigenvalue weighted by molar-refractivity contribution is 5.78. The van der Waals surface area contributed by atoms with Gasteiger partial charge in [-0.15, -0.1) is 0 Å². The lowest BCUT2D eigenvalue weighted by molar-refractivity contribution is -0.384. The molecular weight excluding hydrogens is 298 g/mol. The molecule has 0 saturated carbocycles. The highest BCUT2D eigenvalue weighted by atomic mass is 16.6. The van der Waals surface area contributed by atoms with Gasteiger partial charge in [-0.1, -0.05) is 0 Å². The van der Waals surface area contributed by atoms with Gasteiger partial charge in [0.05, 0.1) is 11.0 Å². The first-order valence-corrected chi connectivity index (χ1v) is 8.18. The summed E-state index contributed by atoms with van der Waals surface area (Å²) < 4.78 is 5.75. The van der Waals surface area contributed by atoms with Crippen molar-refractivity contribution in [2.45, 2.75) is 32.1 Å². The van der Waals surface area contributed by atoms with E-state index in [1.807, 2.05) is 4.90 Å². The molecule has 2 saturated heterocycles. The number of rotatable bonds is 3. The number of piperidine rings is 1. The maximum absolute atomic E-state index is 11.4. The van der Waals surface area contributed by atoms with Crippen molar-refractivity contribution in [3.05, 3.63) is 16.2 Å². The Hall–Kier alpha value is -2.38. The fourth-order valence-electron chi connectivity index (χ4n) is 3.35. The van der Waals surface area contributed by atoms with Crippen LogP contribution >= 0.6 is 0 Å². The molecule has 2 fully saturated rings. The van der Waals surface area contributed by atoms with Gasteiger partial charge in [0.15, 0.2) is 5.58 Å². The van der Waals surface area contributed by atoms with E-state index < -0.39 is 0 Å². The molecular formula is C15H19N5O3. The van der Waals surface area contributed by atoms with E-state index in [1.54, 1.807) is 0 Å². The van der Waals surface area contributed by atoms with Crippen molar-refractivity contribution in [3.63, 3.8) is 0 Å². The van der Waals surface area contributed by atoms with Crippen LogP contribution in [0.2, 0.25) is 0 Å². The predicted octanol–water partition coefficient (Wildman–Crippen LogP) is 2.72. The number of nitrogens with zero attached hydrogens (tertiary/aromatic N) is 5. The molecule has 0 aliphatic carbocycles. The topological polar surface area (TPSA) is 88.5 Å². The lowest BCUT2D eigenvalue weighted by Crippen LogP contribution is -2.29. The second kappa shape index (κ2) is 5.68. The van der Waals surface area contributed by atoms with Crippen molar-refractivity contribution >= 4 is 28.8 Å². The highest BCUT2D eigenvalue weighted by Crippen LogP contribution is 2.33. The van der Waals surface area contributed by atoms with Gasteiger partial charge >= 0.3 is 5.69 Å². The molecule has 2 aromatic heterocycles. The van der Waals surface area contributed by atoms with Gasteiger partial charge in [-0.25, -0.2) is 4.98 Å². The Kier molecular flexibility index (Phi) is 3.51. The van der Waals surface area contributed by atoms with E-state index in [9.17, 15) is 10.1 Å². The van der Waals surface area contributed by atoms with E-state index in [1.165, 1.54) is 12.5 Å². The molecule has 0 aromatic carbocycles. The number of aromatic nitrogens is 2. The molecule has 2 aliphatic heterocycles. The van der Waals surface area contributed by atoms with Crippen LogP contribution in [-0.4, -0.2) is 41.1 Å². The molecule has 0 radical (unpaired) electrons. The van der Waals surface area contributed by atoms with Crippen molar-refractivity contribution in [1.29, 1.82) is 0 Å². The van der Waals surface area contributed by atoms with Gasteiger partial charge in [0.1, 0.15) is 0 Å². The zero-order valence-electron chi connectivity index (χ0n) is 12.9. The van der Waals surface area contributed by atoms with Gasteiger partial charge < -0.3 is 14.2 Å². The van der Waals surface area contributed by atoms with E-state index in [0.717, 1.165) is 51.9 Å². The summed E-state index contributed by atoms with van der Waals surface area (Å²) in [5.74, 6) is 0.415. The summed E-state index contributed by atoms with van der Waals surface area (Å²) in [5, 5.41) is 11.4. The van der Waals surface area contributed by atoms with Gasteiger partial charge in [-0.3, -0.25) is 10.1 Å². The fraction of sp³-hybridized carbons (Fsp3) is 0.600. The molecule has 0 amide bonds. The summed E-state index contributed by atoms with van der Waals surface area (Å²) in [6.07, 6.45) is 5.53. The molecule has 2 aromatic rings. The SMILES string of the molecule is O=[N+]([O-])c1cc2oc(N3CCCCC3)nc2nc1N1CCCC1. The summed E-state index contributed by atoms with van der Waals surface area (Å²) >= 11 is 0. The second-order valence-electron chi connectivity index (χ2n) is 6.15. The van der Waals surface area contributed by atoms with Crippen LogP contribution in [0.25, 0.3) is 11.2 Å². The van der Waals surface area contributed by atoms with E-state index in [2.05, 4.69) is 14.9 Å². The third kappa shape index (κ3) is 2.58. The average molecular weight is 317 g/mol. The Morgan fingerprint density at radius 3 is 2.35 bits per heavy atom. The number of oxazole rings is 1. The molecule has 23 heavy (non-hydrogen) atoms. The third-order valence-electron chi connectivity index (χ3n) is 4.56. The van der Waals surface area contributed by atoms with Crippen LogP contribution in [-0.2, 0) is 0 Å². The van der Waals surface area contributed by atoms with Crippen molar-refractivity contribution in [1.82, 2.24) is 9.97 Å². The number of fused-ring (bicyclic) bond motifs is 1. The van der Waals surface area contributed by atoms with Gasteiger partial charge in [0.2, 0.25) is 11.5 Å². The molecule has 0 spiro atoms. The quantitative estimate of drug-likeness (QED) is 0.635. The third-order valence-corrected chi connectivity index (χ3v) is 4.56. The highest BCUT2D eigenvalue weighted by Gasteiger charge is 2.27. The van der Waals surface area contributed by atoms with Crippen LogP contribution in [0.1, 0.15) is 32.1 Å². The summed E-state index contributed by atoms with van der Waals surface area (Å²) in [6, 6.07) is 2.00. The predicted molar refractivity (Wildman–Crippen MR) is 86.0 cm³/mol. The Morgan fingerprint density at radius 2 is 1.65 bits per heavy atom. The average Bonchev–Trinajstić information content (AvgIpc) is 3.23. The van der Waals surface area contributed by atoms with E-state index in [4.69, 9.17) is 4.42 Å². The first-order chi connectivity index (χ1) is 11.2. The van der Waals surface area contributed by atoms with Gasteiger partial charge in [-0.2, -0.15) is 4.98 Å². The monoisotopic (exact) mass is 317 g/mol. The van der Waals surface area contributed by atoms with Gasteiger partial charge in [0, 0.05) is 26.2 Å². The minimum atomic E-state index is -0.386. The molecule has 0 atom stereocenters. The molecule has 8 heteroatoms. The normalized spacial score (nSPS) is 18.8. The maximum atomic E-state index is 11.4. The van der Waals surface area contributed by atoms with Crippen molar-refractivity contribution in [2.75, 3.05) is 36.0 Å². The van der Waals surface area contributed by atoms with Crippen LogP contribution in [0.15, 0.2) is 10.5 Å².